The molecule has 2 aromatic rings. The van der Waals surface area contributed by atoms with Gasteiger partial charge in [-0.15, -0.1) is 0 Å². The van der Waals surface area contributed by atoms with Crippen molar-refractivity contribution in [3.63, 3.8) is 0 Å². The molecular weight excluding hydrogens is 238 g/mol. The van der Waals surface area contributed by atoms with Crippen LogP contribution in [0, 0.1) is 23.0 Å². The van der Waals surface area contributed by atoms with Crippen molar-refractivity contribution in [2.75, 3.05) is 7.11 Å². The molecule has 1 aromatic carbocycles. The van der Waals surface area contributed by atoms with Crippen molar-refractivity contribution >= 4 is 0 Å². The Bertz CT molecular complexity index is 635. The average molecular weight is 246 g/mol. The fraction of sp³-hybridized carbons (Fsp3) is 0.0769. The molecule has 0 saturated heterocycles. The van der Waals surface area contributed by atoms with Gasteiger partial charge in [0.05, 0.1) is 18.7 Å². The number of hydrogen-bond acceptors (Lipinski definition) is 3. The lowest BCUT2D eigenvalue weighted by molar-refractivity contribution is 0.416. The highest BCUT2D eigenvalue weighted by Crippen LogP contribution is 2.32. The molecule has 0 amide bonds. The number of aromatic nitrogens is 1. The average Bonchev–Trinajstić information content (AvgIpc) is 2.41. The van der Waals surface area contributed by atoms with E-state index in [0.717, 1.165) is 12.1 Å². The van der Waals surface area contributed by atoms with Crippen LogP contribution in [0.2, 0.25) is 0 Å². The Hall–Kier alpha value is -2.48. The summed E-state index contributed by atoms with van der Waals surface area (Å²) in [6.45, 7) is 0. The Morgan fingerprint density at radius 1 is 1.22 bits per heavy atom. The Labute approximate surface area is 102 Å². The van der Waals surface area contributed by atoms with Gasteiger partial charge in [0.1, 0.15) is 5.75 Å². The summed E-state index contributed by atoms with van der Waals surface area (Å²) < 4.78 is 31.4. The molecular formula is C13H8F2N2O. The number of rotatable bonds is 2. The van der Waals surface area contributed by atoms with Gasteiger partial charge in [0, 0.05) is 23.5 Å². The number of hydrogen-bond donors (Lipinski definition) is 0. The molecule has 0 fully saturated rings. The van der Waals surface area contributed by atoms with Gasteiger partial charge in [0.15, 0.2) is 11.6 Å². The summed E-state index contributed by atoms with van der Waals surface area (Å²) in [7, 11) is 1.45. The summed E-state index contributed by atoms with van der Waals surface area (Å²) in [5.74, 6) is -1.64. The fourth-order valence-corrected chi connectivity index (χ4v) is 1.62. The number of pyridine rings is 1. The highest BCUT2D eigenvalue weighted by Gasteiger charge is 2.14. The maximum Gasteiger partial charge on any atom is 0.160 e. The van der Waals surface area contributed by atoms with Gasteiger partial charge in [-0.05, 0) is 18.2 Å². The highest BCUT2D eigenvalue weighted by molar-refractivity contribution is 5.75. The monoisotopic (exact) mass is 246 g/mol. The predicted octanol–water partition coefficient (Wildman–Crippen LogP) is 2.91. The molecule has 18 heavy (non-hydrogen) atoms. The lowest BCUT2D eigenvalue weighted by Crippen LogP contribution is -1.94. The first-order valence-electron chi connectivity index (χ1n) is 5.05. The first kappa shape index (κ1) is 12.0. The highest BCUT2D eigenvalue weighted by atomic mass is 19.2. The van der Waals surface area contributed by atoms with E-state index < -0.39 is 11.6 Å². The third kappa shape index (κ3) is 2.00. The van der Waals surface area contributed by atoms with Crippen molar-refractivity contribution in [2.45, 2.75) is 0 Å². The van der Waals surface area contributed by atoms with E-state index >= 15 is 0 Å². The minimum Gasteiger partial charge on any atom is -0.496 e. The Balaban J connectivity index is 2.71. The summed E-state index contributed by atoms with van der Waals surface area (Å²) in [4.78, 5) is 3.89. The molecule has 0 saturated carbocycles. The standard InChI is InChI=1S/C13H8F2N2O/c1-18-13-2-3-17-7-10(13)9-5-12(15)11(14)4-8(9)6-16/h2-5,7H,1H3. The lowest BCUT2D eigenvalue weighted by Gasteiger charge is -2.09. The second-order valence-corrected chi connectivity index (χ2v) is 3.50. The summed E-state index contributed by atoms with van der Waals surface area (Å²) >= 11 is 0. The normalized spacial score (nSPS) is 9.89. The van der Waals surface area contributed by atoms with E-state index in [0.29, 0.717) is 11.3 Å². The number of nitriles is 1. The molecule has 90 valence electrons. The van der Waals surface area contributed by atoms with E-state index in [1.807, 2.05) is 6.07 Å². The fourth-order valence-electron chi connectivity index (χ4n) is 1.62. The van der Waals surface area contributed by atoms with Crippen molar-refractivity contribution < 1.29 is 13.5 Å². The van der Waals surface area contributed by atoms with Crippen LogP contribution in [0.25, 0.3) is 11.1 Å². The Morgan fingerprint density at radius 2 is 1.94 bits per heavy atom. The van der Waals surface area contributed by atoms with Crippen molar-refractivity contribution in [1.82, 2.24) is 4.98 Å². The third-order valence-electron chi connectivity index (χ3n) is 2.47. The third-order valence-corrected chi connectivity index (χ3v) is 2.47. The van der Waals surface area contributed by atoms with E-state index in [4.69, 9.17) is 10.00 Å². The van der Waals surface area contributed by atoms with E-state index in [1.54, 1.807) is 6.07 Å². The van der Waals surface area contributed by atoms with Crippen LogP contribution in [0.5, 0.6) is 5.75 Å². The van der Waals surface area contributed by atoms with Gasteiger partial charge in [-0.3, -0.25) is 4.98 Å². The van der Waals surface area contributed by atoms with Crippen LogP contribution in [0.3, 0.4) is 0 Å². The smallest absolute Gasteiger partial charge is 0.160 e. The van der Waals surface area contributed by atoms with E-state index in [9.17, 15) is 8.78 Å². The quantitative estimate of drug-likeness (QED) is 0.818. The van der Waals surface area contributed by atoms with Crippen LogP contribution < -0.4 is 4.74 Å². The van der Waals surface area contributed by atoms with Crippen molar-refractivity contribution in [3.05, 3.63) is 47.8 Å². The van der Waals surface area contributed by atoms with Gasteiger partial charge in [0.2, 0.25) is 0 Å². The molecule has 5 heteroatoms. The van der Waals surface area contributed by atoms with Gasteiger partial charge in [-0.1, -0.05) is 0 Å². The van der Waals surface area contributed by atoms with E-state index in [1.165, 1.54) is 19.5 Å². The van der Waals surface area contributed by atoms with Gasteiger partial charge in [-0.25, -0.2) is 8.78 Å². The van der Waals surface area contributed by atoms with Crippen molar-refractivity contribution in [2.24, 2.45) is 0 Å². The molecule has 0 spiro atoms. The van der Waals surface area contributed by atoms with Crippen LogP contribution in [0.15, 0.2) is 30.6 Å². The molecule has 3 nitrogen and oxygen atoms in total. The number of benzene rings is 1. The first-order chi connectivity index (χ1) is 8.67. The molecule has 0 N–H and O–H groups in total. The minimum atomic E-state index is -1.06. The molecule has 0 aliphatic rings. The largest absolute Gasteiger partial charge is 0.496 e. The minimum absolute atomic E-state index is 0.0280. The van der Waals surface area contributed by atoms with Gasteiger partial charge >= 0.3 is 0 Å². The topological polar surface area (TPSA) is 45.9 Å². The van der Waals surface area contributed by atoms with Crippen LogP contribution in [-0.4, -0.2) is 12.1 Å². The van der Waals surface area contributed by atoms with Crippen LogP contribution >= 0.6 is 0 Å². The van der Waals surface area contributed by atoms with Gasteiger partial charge < -0.3 is 4.74 Å². The van der Waals surface area contributed by atoms with E-state index in [-0.39, 0.29) is 11.1 Å². The second-order valence-electron chi connectivity index (χ2n) is 3.50. The molecule has 1 aromatic heterocycles. The molecule has 0 atom stereocenters. The molecule has 0 unspecified atom stereocenters. The van der Waals surface area contributed by atoms with Crippen LogP contribution in [0.4, 0.5) is 8.78 Å². The Morgan fingerprint density at radius 3 is 2.61 bits per heavy atom. The number of nitrogens with zero attached hydrogens (tertiary/aromatic N) is 2. The van der Waals surface area contributed by atoms with Crippen molar-refractivity contribution in [3.8, 4) is 22.9 Å². The lowest BCUT2D eigenvalue weighted by atomic mass is 10.0. The first-order valence-corrected chi connectivity index (χ1v) is 5.05. The van der Waals surface area contributed by atoms with E-state index in [2.05, 4.69) is 4.98 Å². The zero-order valence-corrected chi connectivity index (χ0v) is 9.45. The number of methoxy groups -OCH3 is 1. The summed E-state index contributed by atoms with van der Waals surface area (Å²) in [5.41, 5.74) is 0.719. The zero-order valence-electron chi connectivity index (χ0n) is 9.45. The zero-order chi connectivity index (χ0) is 13.1. The SMILES string of the molecule is COc1ccncc1-c1cc(F)c(F)cc1C#N. The molecule has 0 radical (unpaired) electrons. The van der Waals surface area contributed by atoms with Crippen LogP contribution in [0.1, 0.15) is 5.56 Å². The maximum atomic E-state index is 13.3. The number of ether oxygens (including phenoxy) is 1. The predicted molar refractivity (Wildman–Crippen MR) is 60.9 cm³/mol. The number of halogens is 2. The maximum absolute atomic E-state index is 13.3. The summed E-state index contributed by atoms with van der Waals surface area (Å²) in [6.07, 6.45) is 2.95. The van der Waals surface area contributed by atoms with Crippen LogP contribution in [-0.2, 0) is 0 Å². The Kier molecular flexibility index (Phi) is 3.20. The molecule has 0 aliphatic carbocycles. The second kappa shape index (κ2) is 4.80. The molecule has 0 aliphatic heterocycles. The molecule has 1 heterocycles. The van der Waals surface area contributed by atoms with Gasteiger partial charge in [0.25, 0.3) is 0 Å². The summed E-state index contributed by atoms with van der Waals surface area (Å²) in [6, 6.07) is 5.23. The summed E-state index contributed by atoms with van der Waals surface area (Å²) in [5, 5.41) is 8.96. The molecule has 2 rings (SSSR count). The molecule has 0 bridgehead atoms. The van der Waals surface area contributed by atoms with Crippen molar-refractivity contribution in [1.29, 1.82) is 5.26 Å². The van der Waals surface area contributed by atoms with Gasteiger partial charge in [-0.2, -0.15) is 5.26 Å².